The number of aryl methyl sites for hydroxylation is 3. The number of rotatable bonds is 13. The fourth-order valence-corrected chi connectivity index (χ4v) is 3.78. The molecule has 36 heavy (non-hydrogen) atoms. The molecular weight excluding hydrogens is 484 g/mol. The number of phenolic OH excluding ortho intramolecular Hbond substituents is 1. The third-order valence-corrected chi connectivity index (χ3v) is 5.77. The predicted molar refractivity (Wildman–Crippen MR) is 137 cm³/mol. The molecule has 0 saturated heterocycles. The molecule has 2 amide bonds. The Labute approximate surface area is 213 Å². The molecule has 1 aromatic heterocycles. The van der Waals surface area contributed by atoms with Gasteiger partial charge in [-0.1, -0.05) is 24.8 Å². The quantitative estimate of drug-likeness (QED) is 0.180. The van der Waals surface area contributed by atoms with Crippen LogP contribution in [-0.4, -0.2) is 63.4 Å². The van der Waals surface area contributed by atoms with Crippen LogP contribution in [0.4, 0.5) is 0 Å². The fraction of sp³-hybridized carbons (Fsp3) is 0.320. The number of benzene rings is 1. The molecule has 1 unspecified atom stereocenters. The zero-order valence-electron chi connectivity index (χ0n) is 20.4. The van der Waals surface area contributed by atoms with Crippen molar-refractivity contribution in [3.63, 3.8) is 0 Å². The number of carboxylic acids is 1. The monoisotopic (exact) mass is 514 g/mol. The van der Waals surface area contributed by atoms with E-state index in [1.165, 1.54) is 23.9 Å². The Morgan fingerprint density at radius 2 is 1.92 bits per heavy atom. The van der Waals surface area contributed by atoms with Gasteiger partial charge in [-0.2, -0.15) is 9.97 Å². The number of nitrogens with zero attached hydrogens (tertiary/aromatic N) is 2. The number of hydrogen-bond donors (Lipinski definition) is 4. The van der Waals surface area contributed by atoms with Gasteiger partial charge in [0, 0.05) is 6.54 Å². The summed E-state index contributed by atoms with van der Waals surface area (Å²) in [5.74, 6) is -2.23. The molecule has 1 aromatic carbocycles. The maximum Gasteiger partial charge on any atom is 0.328 e. The van der Waals surface area contributed by atoms with Crippen molar-refractivity contribution in [1.29, 1.82) is 0 Å². The van der Waals surface area contributed by atoms with Crippen molar-refractivity contribution < 1.29 is 29.3 Å². The second-order valence-electron chi connectivity index (χ2n) is 7.72. The van der Waals surface area contributed by atoms with Gasteiger partial charge < -0.3 is 25.6 Å². The molecule has 11 heteroatoms. The Morgan fingerprint density at radius 1 is 1.22 bits per heavy atom. The topological polar surface area (TPSA) is 151 Å². The van der Waals surface area contributed by atoms with Crippen molar-refractivity contribution in [3.8, 4) is 11.8 Å². The number of allylic oxidation sites excluding steroid dienone is 2. The van der Waals surface area contributed by atoms with Gasteiger partial charge >= 0.3 is 12.0 Å². The van der Waals surface area contributed by atoms with E-state index in [1.54, 1.807) is 38.3 Å². The van der Waals surface area contributed by atoms with E-state index >= 15 is 0 Å². The van der Waals surface area contributed by atoms with E-state index in [0.717, 1.165) is 5.56 Å². The molecule has 0 spiro atoms. The van der Waals surface area contributed by atoms with Gasteiger partial charge in [-0.3, -0.25) is 9.59 Å². The summed E-state index contributed by atoms with van der Waals surface area (Å²) >= 11 is 1.19. The highest BCUT2D eigenvalue weighted by atomic mass is 32.2. The van der Waals surface area contributed by atoms with Gasteiger partial charge in [0.25, 0.3) is 11.8 Å². The first-order valence-corrected chi connectivity index (χ1v) is 12.3. The molecule has 4 N–H and O–H groups in total. The Balaban J connectivity index is 1.99. The molecule has 0 bridgehead atoms. The molecule has 0 aliphatic rings. The predicted octanol–water partition coefficient (Wildman–Crippen LogP) is 2.54. The number of aromatic nitrogens is 2. The number of carboxylic acid groups (broad SMARTS) is 1. The zero-order chi connectivity index (χ0) is 26.7. The van der Waals surface area contributed by atoms with E-state index in [2.05, 4.69) is 27.2 Å². The summed E-state index contributed by atoms with van der Waals surface area (Å²) in [5, 5.41) is 24.0. The molecular formula is C25H30N4O6S. The van der Waals surface area contributed by atoms with Crippen molar-refractivity contribution in [3.05, 3.63) is 70.4 Å². The first-order chi connectivity index (χ1) is 17.2. The number of nitrogens with one attached hydrogen (secondary N) is 2. The van der Waals surface area contributed by atoms with Gasteiger partial charge in [-0.05, 0) is 56.7 Å². The smallest absolute Gasteiger partial charge is 0.328 e. The number of aliphatic carboxylic acids is 1. The number of hydrogen-bond acceptors (Lipinski definition) is 8. The molecule has 10 nitrogen and oxygen atoms in total. The van der Waals surface area contributed by atoms with Crippen LogP contribution in [0, 0.1) is 13.8 Å². The summed E-state index contributed by atoms with van der Waals surface area (Å²) in [6, 6.07) is 5.73. The lowest BCUT2D eigenvalue weighted by atomic mass is 10.1. The second kappa shape index (κ2) is 13.9. The number of carbonyl (C=O) groups excluding carboxylic acids is 2. The molecule has 0 aliphatic heterocycles. The molecule has 2 aromatic rings. The second-order valence-corrected chi connectivity index (χ2v) is 8.57. The molecule has 0 saturated carbocycles. The Morgan fingerprint density at radius 3 is 2.50 bits per heavy atom. The van der Waals surface area contributed by atoms with Gasteiger partial charge in [-0.25, -0.2) is 4.79 Å². The summed E-state index contributed by atoms with van der Waals surface area (Å²) < 4.78 is 5.62. The van der Waals surface area contributed by atoms with Crippen LogP contribution in [0.2, 0.25) is 0 Å². The Kier molecular flexibility index (Phi) is 10.9. The van der Waals surface area contributed by atoms with E-state index in [-0.39, 0.29) is 23.9 Å². The van der Waals surface area contributed by atoms with Gasteiger partial charge in [-0.15, -0.1) is 11.8 Å². The third-order valence-electron chi connectivity index (χ3n) is 5.01. The van der Waals surface area contributed by atoms with Gasteiger partial charge in [0.05, 0.1) is 28.5 Å². The van der Waals surface area contributed by atoms with Crippen LogP contribution in [0.1, 0.15) is 33.7 Å². The number of phenols is 1. The molecule has 0 radical (unpaired) electrons. The lowest BCUT2D eigenvalue weighted by molar-refractivity contribution is -0.139. The Hall–Kier alpha value is -3.86. The number of ether oxygens (including phenoxy) is 1. The standard InChI is InChI=1S/C25H30N4O6S/c1-5-8-20(36-4)22(31)26-14-19(24(33)34)29-23(32)21-15(2)27-25(28-16(21)3)35-12-7-10-17-9-6-11-18(30)13-17/h5-6,8-9,11,13,19,30H,1,7,10,12,14H2,2-4H3,(H,26,31)(H,29,32)(H,33,34)/b20-8-. The maximum absolute atomic E-state index is 12.8. The average molecular weight is 515 g/mol. The van der Waals surface area contributed by atoms with Crippen molar-refractivity contribution >= 4 is 29.5 Å². The summed E-state index contributed by atoms with van der Waals surface area (Å²) in [6.07, 6.45) is 6.03. The van der Waals surface area contributed by atoms with E-state index in [1.807, 2.05) is 6.07 Å². The normalized spacial score (nSPS) is 11.9. The summed E-state index contributed by atoms with van der Waals surface area (Å²) in [5.41, 5.74) is 1.77. The molecule has 0 fully saturated rings. The summed E-state index contributed by atoms with van der Waals surface area (Å²) in [7, 11) is 0. The first kappa shape index (κ1) is 28.4. The minimum absolute atomic E-state index is 0.109. The fourth-order valence-electron chi connectivity index (χ4n) is 3.29. The minimum atomic E-state index is -1.36. The first-order valence-electron chi connectivity index (χ1n) is 11.1. The van der Waals surface area contributed by atoms with Crippen LogP contribution in [0.5, 0.6) is 11.8 Å². The lowest BCUT2D eigenvalue weighted by Gasteiger charge is -2.17. The molecule has 192 valence electrons. The number of aromatic hydroxyl groups is 1. The number of amides is 2. The highest BCUT2D eigenvalue weighted by Crippen LogP contribution is 2.16. The van der Waals surface area contributed by atoms with Crippen molar-refractivity contribution in [2.45, 2.75) is 32.7 Å². The highest BCUT2D eigenvalue weighted by Gasteiger charge is 2.25. The van der Waals surface area contributed by atoms with Crippen LogP contribution in [0.25, 0.3) is 0 Å². The van der Waals surface area contributed by atoms with E-state index in [9.17, 15) is 24.6 Å². The number of carbonyl (C=O) groups is 3. The van der Waals surface area contributed by atoms with E-state index in [4.69, 9.17) is 4.74 Å². The van der Waals surface area contributed by atoms with Crippen LogP contribution >= 0.6 is 11.8 Å². The van der Waals surface area contributed by atoms with Crippen molar-refractivity contribution in [1.82, 2.24) is 20.6 Å². The summed E-state index contributed by atoms with van der Waals surface area (Å²) in [4.78, 5) is 45.5. The van der Waals surface area contributed by atoms with Crippen LogP contribution < -0.4 is 15.4 Å². The van der Waals surface area contributed by atoms with E-state index in [0.29, 0.717) is 35.7 Å². The van der Waals surface area contributed by atoms with E-state index < -0.39 is 23.8 Å². The highest BCUT2D eigenvalue weighted by molar-refractivity contribution is 8.03. The number of thioether (sulfide) groups is 1. The van der Waals surface area contributed by atoms with Crippen LogP contribution in [0.15, 0.2) is 47.9 Å². The SMILES string of the molecule is C=C/C=C(\SC)C(=O)NCC(NC(=O)c1c(C)nc(OCCCc2cccc(O)c2)nc1C)C(=O)O. The van der Waals surface area contributed by atoms with Gasteiger partial charge in [0.2, 0.25) is 0 Å². The third kappa shape index (κ3) is 8.42. The van der Waals surface area contributed by atoms with Crippen molar-refractivity contribution in [2.75, 3.05) is 19.4 Å². The van der Waals surface area contributed by atoms with Crippen LogP contribution in [0.3, 0.4) is 0 Å². The average Bonchev–Trinajstić information content (AvgIpc) is 2.82. The minimum Gasteiger partial charge on any atom is -0.508 e. The largest absolute Gasteiger partial charge is 0.508 e. The molecule has 1 heterocycles. The molecule has 1 atom stereocenters. The maximum atomic E-state index is 12.8. The van der Waals surface area contributed by atoms with Crippen LogP contribution in [-0.2, 0) is 16.0 Å². The summed E-state index contributed by atoms with van der Waals surface area (Å²) in [6.45, 7) is 6.76. The van der Waals surface area contributed by atoms with Crippen molar-refractivity contribution in [2.24, 2.45) is 0 Å². The zero-order valence-corrected chi connectivity index (χ0v) is 21.2. The van der Waals surface area contributed by atoms with Gasteiger partial charge in [0.1, 0.15) is 11.8 Å². The van der Waals surface area contributed by atoms with Gasteiger partial charge in [0.15, 0.2) is 0 Å². The molecule has 2 rings (SSSR count). The lowest BCUT2D eigenvalue weighted by Crippen LogP contribution is -2.48. The Bertz CT molecular complexity index is 1130. The molecule has 0 aliphatic carbocycles.